The van der Waals surface area contributed by atoms with Gasteiger partial charge >= 0.3 is 6.09 Å². The Bertz CT molecular complexity index is 1400. The van der Waals surface area contributed by atoms with Crippen LogP contribution in [-0.2, 0) is 20.8 Å². The number of rotatable bonds is 6. The molecule has 3 heterocycles. The number of benzene rings is 1. The van der Waals surface area contributed by atoms with E-state index in [1.165, 1.54) is 22.9 Å². The highest BCUT2D eigenvalue weighted by Gasteiger charge is 2.48. The number of fused-ring (bicyclic) bond motifs is 1. The normalized spacial score (nSPS) is 22.5. The van der Waals surface area contributed by atoms with Crippen LogP contribution < -0.4 is 11.1 Å². The summed E-state index contributed by atoms with van der Waals surface area (Å²) in [7, 11) is 1.29. The Hall–Kier alpha value is -4.25. The molecule has 2 aliphatic rings. The SMILES string of the molecule is COC(=O)N(CC#Cc1nc(N)c2ncn([C@@H]3O[C@H](C(=O)NC4CC4)C(O)[C@@H]3O)c2n1)Cc1ccccc1. The number of amides is 2. The van der Waals surface area contributed by atoms with Crippen LogP contribution in [0.5, 0.6) is 0 Å². The molecular weight excluding hydrogens is 494 g/mol. The van der Waals surface area contributed by atoms with Gasteiger partial charge in [0.15, 0.2) is 23.8 Å². The number of hydrogen-bond acceptors (Lipinski definition) is 10. The van der Waals surface area contributed by atoms with Gasteiger partial charge in [0.2, 0.25) is 5.82 Å². The van der Waals surface area contributed by atoms with E-state index in [4.69, 9.17) is 15.2 Å². The number of imidazole rings is 1. The summed E-state index contributed by atoms with van der Waals surface area (Å²) < 4.78 is 12.0. The monoisotopic (exact) mass is 521 g/mol. The predicted molar refractivity (Wildman–Crippen MR) is 133 cm³/mol. The Kier molecular flexibility index (Phi) is 7.10. The number of nitrogen functional groups attached to an aromatic ring is 1. The zero-order valence-corrected chi connectivity index (χ0v) is 20.5. The van der Waals surface area contributed by atoms with E-state index in [-0.39, 0.29) is 35.4 Å². The van der Waals surface area contributed by atoms with Crippen molar-refractivity contribution in [1.82, 2.24) is 29.7 Å². The van der Waals surface area contributed by atoms with Crippen molar-refractivity contribution in [1.29, 1.82) is 0 Å². The second-order valence-corrected chi connectivity index (χ2v) is 9.08. The highest BCUT2D eigenvalue weighted by Crippen LogP contribution is 2.33. The van der Waals surface area contributed by atoms with Crippen LogP contribution in [0.4, 0.5) is 10.6 Å². The third-order valence-corrected chi connectivity index (χ3v) is 6.26. The highest BCUT2D eigenvalue weighted by atomic mass is 16.6. The van der Waals surface area contributed by atoms with Crippen molar-refractivity contribution in [3.05, 3.63) is 48.0 Å². The van der Waals surface area contributed by atoms with Crippen molar-refractivity contribution in [3.63, 3.8) is 0 Å². The van der Waals surface area contributed by atoms with Gasteiger partial charge in [-0.25, -0.2) is 19.7 Å². The minimum absolute atomic E-state index is 0.0383. The molecule has 0 bridgehead atoms. The molecular formula is C25H27N7O6. The van der Waals surface area contributed by atoms with Crippen molar-refractivity contribution in [3.8, 4) is 11.8 Å². The fraction of sp³-hybridized carbons (Fsp3) is 0.400. The summed E-state index contributed by atoms with van der Waals surface area (Å²) >= 11 is 0. The lowest BCUT2D eigenvalue weighted by Gasteiger charge is -2.18. The average molecular weight is 522 g/mol. The van der Waals surface area contributed by atoms with Gasteiger partial charge in [-0.3, -0.25) is 14.3 Å². The molecule has 38 heavy (non-hydrogen) atoms. The average Bonchev–Trinajstić information content (AvgIpc) is 3.55. The Balaban J connectivity index is 1.36. The summed E-state index contributed by atoms with van der Waals surface area (Å²) in [6.45, 7) is 0.336. The number of methoxy groups -OCH3 is 1. The van der Waals surface area contributed by atoms with E-state index < -0.39 is 36.5 Å². The lowest BCUT2D eigenvalue weighted by molar-refractivity contribution is -0.137. The summed E-state index contributed by atoms with van der Waals surface area (Å²) in [5.74, 6) is 5.27. The van der Waals surface area contributed by atoms with E-state index in [0.717, 1.165) is 18.4 Å². The van der Waals surface area contributed by atoms with Gasteiger partial charge in [-0.1, -0.05) is 36.3 Å². The Morgan fingerprint density at radius 3 is 2.71 bits per heavy atom. The quantitative estimate of drug-likeness (QED) is 0.321. The number of anilines is 1. The zero-order chi connectivity index (χ0) is 26.8. The third-order valence-electron chi connectivity index (χ3n) is 6.26. The van der Waals surface area contributed by atoms with Gasteiger partial charge in [-0.2, -0.15) is 0 Å². The second-order valence-electron chi connectivity index (χ2n) is 9.08. The van der Waals surface area contributed by atoms with Crippen LogP contribution in [0.25, 0.3) is 11.2 Å². The summed E-state index contributed by atoms with van der Waals surface area (Å²) in [6.07, 6.45) is -2.70. The van der Waals surface area contributed by atoms with Gasteiger partial charge in [-0.05, 0) is 24.3 Å². The number of aromatic nitrogens is 4. The fourth-order valence-corrected chi connectivity index (χ4v) is 4.13. The molecule has 1 aliphatic heterocycles. The number of carbonyl (C=O) groups excluding carboxylic acids is 2. The van der Waals surface area contributed by atoms with Crippen molar-refractivity contribution in [2.24, 2.45) is 0 Å². The minimum atomic E-state index is -1.44. The molecule has 1 unspecified atom stereocenters. The topological polar surface area (TPSA) is 178 Å². The van der Waals surface area contributed by atoms with Crippen molar-refractivity contribution in [2.45, 2.75) is 50.0 Å². The molecule has 0 radical (unpaired) electrons. The van der Waals surface area contributed by atoms with Crippen LogP contribution in [-0.4, -0.2) is 84.6 Å². The number of aliphatic hydroxyl groups excluding tert-OH is 2. The molecule has 1 aliphatic carbocycles. The number of nitrogens with zero attached hydrogens (tertiary/aromatic N) is 5. The van der Waals surface area contributed by atoms with Gasteiger partial charge in [0, 0.05) is 12.6 Å². The molecule has 198 valence electrons. The lowest BCUT2D eigenvalue weighted by atomic mass is 10.1. The molecule has 5 N–H and O–H groups in total. The highest BCUT2D eigenvalue weighted by molar-refractivity contribution is 5.83. The van der Waals surface area contributed by atoms with Crippen LogP contribution in [0.3, 0.4) is 0 Å². The molecule has 2 amide bonds. The largest absolute Gasteiger partial charge is 0.453 e. The first-order chi connectivity index (χ1) is 18.4. The van der Waals surface area contributed by atoms with Crippen LogP contribution >= 0.6 is 0 Å². The van der Waals surface area contributed by atoms with E-state index in [0.29, 0.717) is 6.54 Å². The van der Waals surface area contributed by atoms with Gasteiger partial charge in [0.25, 0.3) is 5.91 Å². The van der Waals surface area contributed by atoms with Gasteiger partial charge < -0.3 is 30.7 Å². The zero-order valence-electron chi connectivity index (χ0n) is 20.5. The number of nitrogens with two attached hydrogens (primary N) is 1. The number of ether oxygens (including phenoxy) is 2. The molecule has 1 aromatic carbocycles. The summed E-state index contributed by atoms with van der Waals surface area (Å²) in [6, 6.07) is 9.47. The summed E-state index contributed by atoms with van der Waals surface area (Å²) in [5.41, 5.74) is 7.43. The fourth-order valence-electron chi connectivity index (χ4n) is 4.13. The molecule has 2 fully saturated rings. The molecule has 0 spiro atoms. The van der Waals surface area contributed by atoms with Gasteiger partial charge in [0.1, 0.15) is 17.7 Å². The molecule has 1 saturated heterocycles. The lowest BCUT2D eigenvalue weighted by Crippen LogP contribution is -2.43. The summed E-state index contributed by atoms with van der Waals surface area (Å²) in [4.78, 5) is 38.9. The molecule has 13 nitrogen and oxygen atoms in total. The first kappa shape index (κ1) is 25.4. The number of nitrogens with one attached hydrogen (secondary N) is 1. The number of aliphatic hydroxyl groups is 2. The molecule has 13 heteroatoms. The first-order valence-corrected chi connectivity index (χ1v) is 12.0. The van der Waals surface area contributed by atoms with E-state index >= 15 is 0 Å². The van der Waals surface area contributed by atoms with Crippen LogP contribution in [0.1, 0.15) is 30.5 Å². The van der Waals surface area contributed by atoms with E-state index in [1.807, 2.05) is 30.3 Å². The molecule has 3 aromatic rings. The van der Waals surface area contributed by atoms with Crippen molar-refractivity contribution >= 4 is 29.0 Å². The van der Waals surface area contributed by atoms with E-state index in [9.17, 15) is 19.8 Å². The first-order valence-electron chi connectivity index (χ1n) is 12.0. The molecule has 5 rings (SSSR count). The molecule has 1 saturated carbocycles. The van der Waals surface area contributed by atoms with Gasteiger partial charge in [0.05, 0.1) is 20.0 Å². The smallest absolute Gasteiger partial charge is 0.410 e. The molecule has 2 aromatic heterocycles. The Labute approximate surface area is 217 Å². The van der Waals surface area contributed by atoms with Gasteiger partial charge in [-0.15, -0.1) is 0 Å². The number of hydrogen-bond donors (Lipinski definition) is 4. The third kappa shape index (κ3) is 5.23. The second kappa shape index (κ2) is 10.6. The standard InChI is InChI=1S/C25H27N7O6/c1-37-25(36)31(12-14-6-3-2-4-7-14)11-5-8-16-29-21(26)17-22(30-16)32(13-27-17)24-19(34)18(33)20(38-24)23(35)28-15-9-10-15/h2-4,6-7,13,15,18-20,24,33-34H,9-12H2,1H3,(H,28,35)(H2,26,29,30)/t18?,19-,20-,24+/m0/s1. The van der Waals surface area contributed by atoms with Crippen molar-refractivity contribution < 1.29 is 29.3 Å². The predicted octanol–water partition coefficient (Wildman–Crippen LogP) is -0.0736. The van der Waals surface area contributed by atoms with Crippen LogP contribution in [0.2, 0.25) is 0 Å². The molecule has 4 atom stereocenters. The Morgan fingerprint density at radius 2 is 2.00 bits per heavy atom. The maximum atomic E-state index is 12.5. The summed E-state index contributed by atoms with van der Waals surface area (Å²) in [5, 5.41) is 23.9. The van der Waals surface area contributed by atoms with Crippen LogP contribution in [0, 0.1) is 11.8 Å². The van der Waals surface area contributed by atoms with E-state index in [1.54, 1.807) is 0 Å². The van der Waals surface area contributed by atoms with Crippen molar-refractivity contribution in [2.75, 3.05) is 19.4 Å². The van der Waals surface area contributed by atoms with E-state index in [2.05, 4.69) is 32.1 Å². The van der Waals surface area contributed by atoms with Crippen LogP contribution in [0.15, 0.2) is 36.7 Å². The Morgan fingerprint density at radius 1 is 1.24 bits per heavy atom. The number of carbonyl (C=O) groups is 2. The maximum absolute atomic E-state index is 12.5. The minimum Gasteiger partial charge on any atom is -0.453 e. The maximum Gasteiger partial charge on any atom is 0.410 e.